The predicted molar refractivity (Wildman–Crippen MR) is 189 cm³/mol. The molecule has 0 saturated carbocycles. The van der Waals surface area contributed by atoms with E-state index in [1.54, 1.807) is 0 Å². The number of urea groups is 2. The van der Waals surface area contributed by atoms with Gasteiger partial charge in [-0.1, -0.05) is 10.4 Å². The van der Waals surface area contributed by atoms with E-state index < -0.39 is 21.1 Å². The second-order valence-corrected chi connectivity index (χ2v) is 13.9. The minimum atomic E-state index is -0.589. The van der Waals surface area contributed by atoms with Gasteiger partial charge < -0.3 is 41.4 Å². The van der Waals surface area contributed by atoms with Gasteiger partial charge in [-0.05, 0) is 49.6 Å². The van der Waals surface area contributed by atoms with E-state index in [0.717, 1.165) is 45.7 Å². The molecule has 0 unspecified atom stereocenters. The molecule has 0 aromatic rings. The summed E-state index contributed by atoms with van der Waals surface area (Å²) in [5.74, 6) is 0. The Balaban J connectivity index is 1.73. The van der Waals surface area contributed by atoms with Gasteiger partial charge in [0, 0.05) is 38.8 Å². The normalized spacial score (nSPS) is 19.2. The lowest BCUT2D eigenvalue weighted by atomic mass is 9.14. The Kier molecular flexibility index (Phi) is 14.1. The lowest BCUT2D eigenvalue weighted by Crippen LogP contribution is -2.71. The van der Waals surface area contributed by atoms with Gasteiger partial charge in [0.2, 0.25) is 0 Å². The molecule has 0 aliphatic carbocycles. The number of hydrogen-bond acceptors (Lipinski definition) is 7. The highest BCUT2D eigenvalue weighted by molar-refractivity contribution is 6.66. The number of carbonyl (C=O) groups excluding carboxylic acids is 2. The molecule has 6 N–H and O–H groups in total. The van der Waals surface area contributed by atoms with Crippen molar-refractivity contribution >= 4 is 74.8 Å². The average molecular weight is 566 g/mol. The Labute approximate surface area is 255 Å². The lowest BCUT2D eigenvalue weighted by molar-refractivity contribution is 0.113. The third-order valence-corrected chi connectivity index (χ3v) is 10.2. The van der Waals surface area contributed by atoms with Crippen molar-refractivity contribution in [2.24, 2.45) is 5.73 Å². The SMILES string of the molecule is BC(B)(NC(=O)NCCOCCN1CCCC1)C(B)(B)C(B)(B)C(B)(B)NC(=O)NCCOCCN1CC[C@H](N)C1. The van der Waals surface area contributed by atoms with E-state index in [1.165, 1.54) is 12.8 Å². The van der Waals surface area contributed by atoms with Crippen molar-refractivity contribution in [3.8, 4) is 0 Å². The lowest BCUT2D eigenvalue weighted by Gasteiger charge is -2.60. The second kappa shape index (κ2) is 16.1. The molecule has 0 aromatic carbocycles. The van der Waals surface area contributed by atoms with Crippen LogP contribution in [0.3, 0.4) is 0 Å². The fraction of sp³-hybridized carbons (Fsp3) is 0.909. The summed E-state index contributed by atoms with van der Waals surface area (Å²) in [6.45, 7) is 9.23. The van der Waals surface area contributed by atoms with Crippen molar-refractivity contribution in [3.63, 3.8) is 0 Å². The molecule has 0 aromatic heterocycles. The topological polar surface area (TPSA) is 133 Å². The van der Waals surface area contributed by atoms with Crippen LogP contribution in [0.15, 0.2) is 0 Å². The number of hydrogen-bond donors (Lipinski definition) is 5. The van der Waals surface area contributed by atoms with Gasteiger partial charge in [-0.3, -0.25) is 4.90 Å². The van der Waals surface area contributed by atoms with Crippen molar-refractivity contribution in [1.82, 2.24) is 31.1 Å². The molecule has 224 valence electrons. The van der Waals surface area contributed by atoms with E-state index in [9.17, 15) is 9.59 Å². The largest absolute Gasteiger partial charge is 0.378 e. The number of carbonyl (C=O) groups is 2. The van der Waals surface area contributed by atoms with Gasteiger partial charge in [-0.25, -0.2) is 9.59 Å². The Morgan fingerprint density at radius 1 is 0.707 bits per heavy atom. The predicted octanol–water partition coefficient (Wildman–Crippen LogP) is -8.65. The summed E-state index contributed by atoms with van der Waals surface area (Å²) in [6.07, 6.45) is 3.59. The summed E-state index contributed by atoms with van der Waals surface area (Å²) >= 11 is 0. The molecule has 4 amide bonds. The highest BCUT2D eigenvalue weighted by Gasteiger charge is 2.54. The Morgan fingerprint density at radius 3 is 1.56 bits per heavy atom. The second-order valence-electron chi connectivity index (χ2n) is 13.9. The zero-order valence-corrected chi connectivity index (χ0v) is 27.3. The van der Waals surface area contributed by atoms with Crippen LogP contribution < -0.4 is 27.0 Å². The monoisotopic (exact) mass is 567 g/mol. The number of nitrogens with one attached hydrogen (secondary N) is 4. The van der Waals surface area contributed by atoms with Crippen LogP contribution in [0, 0.1) is 0 Å². The number of nitrogens with zero attached hydrogens (tertiary/aromatic N) is 2. The van der Waals surface area contributed by atoms with Crippen LogP contribution in [-0.2, 0) is 9.47 Å². The molecule has 0 radical (unpaired) electrons. The molecule has 2 saturated heterocycles. The smallest absolute Gasteiger partial charge is 0.313 e. The van der Waals surface area contributed by atoms with Gasteiger partial charge in [0.25, 0.3) is 0 Å². The quantitative estimate of drug-likeness (QED) is 0.0874. The molecule has 11 nitrogen and oxygen atoms in total. The average Bonchev–Trinajstić information content (AvgIpc) is 3.54. The van der Waals surface area contributed by atoms with E-state index in [-0.39, 0.29) is 18.1 Å². The molecule has 2 aliphatic rings. The molecule has 2 rings (SSSR count). The summed E-state index contributed by atoms with van der Waals surface area (Å²) in [7, 11) is 16.7. The van der Waals surface area contributed by atoms with Crippen molar-refractivity contribution in [2.75, 3.05) is 78.8 Å². The van der Waals surface area contributed by atoms with E-state index >= 15 is 0 Å². The first-order valence-corrected chi connectivity index (χ1v) is 15.6. The van der Waals surface area contributed by atoms with Gasteiger partial charge in [0.1, 0.15) is 31.4 Å². The van der Waals surface area contributed by atoms with Gasteiger partial charge >= 0.3 is 12.1 Å². The number of nitrogens with two attached hydrogens (primary N) is 1. The van der Waals surface area contributed by atoms with Crippen LogP contribution in [0.4, 0.5) is 9.59 Å². The van der Waals surface area contributed by atoms with Crippen LogP contribution >= 0.6 is 0 Å². The summed E-state index contributed by atoms with van der Waals surface area (Å²) in [5, 5.41) is 10.2. The van der Waals surface area contributed by atoms with Gasteiger partial charge in [0.15, 0.2) is 0 Å². The minimum Gasteiger partial charge on any atom is -0.378 e. The van der Waals surface area contributed by atoms with Gasteiger partial charge in [-0.2, -0.15) is 0 Å². The van der Waals surface area contributed by atoms with Crippen LogP contribution in [0.1, 0.15) is 19.3 Å². The maximum atomic E-state index is 12.8. The van der Waals surface area contributed by atoms with E-state index in [0.29, 0.717) is 39.5 Å². The Hall–Kier alpha value is -1.14. The third-order valence-electron chi connectivity index (χ3n) is 10.2. The van der Waals surface area contributed by atoms with Crippen molar-refractivity contribution in [2.45, 2.75) is 46.4 Å². The Morgan fingerprint density at radius 2 is 1.15 bits per heavy atom. The van der Waals surface area contributed by atoms with E-state index in [2.05, 4.69) is 62.5 Å². The fourth-order valence-corrected chi connectivity index (χ4v) is 5.67. The highest BCUT2D eigenvalue weighted by atomic mass is 16.5. The number of likely N-dealkylation sites (tertiary alicyclic amines) is 2. The number of rotatable bonds is 17. The molecular formula is C22H53B8N7O4. The zero-order valence-electron chi connectivity index (χ0n) is 27.3. The van der Waals surface area contributed by atoms with Crippen LogP contribution in [-0.4, -0.2) is 180 Å². The van der Waals surface area contributed by atoms with E-state index in [4.69, 9.17) is 15.2 Å². The molecule has 0 spiro atoms. The summed E-state index contributed by atoms with van der Waals surface area (Å²) in [5.41, 5.74) is 5.95. The zero-order chi connectivity index (χ0) is 30.7. The molecule has 2 fully saturated rings. The first-order valence-electron chi connectivity index (χ1n) is 15.6. The fourth-order valence-electron chi connectivity index (χ4n) is 5.67. The summed E-state index contributed by atoms with van der Waals surface area (Å²) in [4.78, 5) is 30.3. The van der Waals surface area contributed by atoms with Crippen molar-refractivity contribution in [3.05, 3.63) is 0 Å². The Bertz CT molecular complexity index is 838. The molecule has 0 bridgehead atoms. The molecule has 41 heavy (non-hydrogen) atoms. The maximum absolute atomic E-state index is 12.8. The number of ether oxygens (including phenoxy) is 2. The molecule has 1 atom stereocenters. The third kappa shape index (κ3) is 10.8. The summed E-state index contributed by atoms with van der Waals surface area (Å²) < 4.78 is 11.4. The van der Waals surface area contributed by atoms with Crippen molar-refractivity contribution in [1.29, 1.82) is 0 Å². The molecule has 2 heterocycles. The van der Waals surface area contributed by atoms with Gasteiger partial charge in [-0.15, -0.1) is 0 Å². The van der Waals surface area contributed by atoms with E-state index in [1.807, 2.05) is 31.4 Å². The highest BCUT2D eigenvalue weighted by Crippen LogP contribution is 2.52. The summed E-state index contributed by atoms with van der Waals surface area (Å²) in [6, 6.07) is -0.185. The first kappa shape index (κ1) is 36.1. The minimum absolute atomic E-state index is 0.224. The molecular weight excluding hydrogens is 513 g/mol. The van der Waals surface area contributed by atoms with Crippen LogP contribution in [0.25, 0.3) is 0 Å². The standard InChI is InChI=1S/C22H53B8N7O4/c23-19(24,21(27,28)34-17(38)32-4-11-40-13-9-36-6-1-2-7-36)20(25,26)22(29,30)35-18(39)33-5-12-41-14-10-37-8-3-16(31)15-37/h16H,1-15,23-31H2,(H2,32,34,38)(H2,33,35,39)/t16-/m0/s1. The maximum Gasteiger partial charge on any atom is 0.313 e. The van der Waals surface area contributed by atoms with Crippen molar-refractivity contribution < 1.29 is 19.1 Å². The van der Waals surface area contributed by atoms with Crippen LogP contribution in [0.5, 0.6) is 0 Å². The van der Waals surface area contributed by atoms with Crippen LogP contribution in [0.2, 0.25) is 10.4 Å². The first-order chi connectivity index (χ1) is 19.1. The number of amides is 4. The van der Waals surface area contributed by atoms with Gasteiger partial charge in [0.05, 0.1) is 57.8 Å². The molecule has 19 heteroatoms. The molecule has 2 aliphatic heterocycles.